The van der Waals surface area contributed by atoms with E-state index < -0.39 is 0 Å². The number of nitrogens with zero attached hydrogens (tertiary/aromatic N) is 1. The van der Waals surface area contributed by atoms with Crippen LogP contribution in [0.3, 0.4) is 0 Å². The van der Waals surface area contributed by atoms with Crippen molar-refractivity contribution in [3.05, 3.63) is 64.5 Å². The molecule has 0 saturated carbocycles. The average Bonchev–Trinajstić information content (AvgIpc) is 3.41. The van der Waals surface area contributed by atoms with Crippen molar-refractivity contribution < 1.29 is 18.7 Å². The molecule has 0 radical (unpaired) electrons. The fourth-order valence-electron chi connectivity index (χ4n) is 4.55. The number of hydrogen-bond acceptors (Lipinski definition) is 4. The Morgan fingerprint density at radius 3 is 2.87 bits per heavy atom. The molecule has 154 valence electrons. The number of anilines is 1. The molecule has 0 aliphatic carbocycles. The second-order valence-corrected chi connectivity index (χ2v) is 7.98. The van der Waals surface area contributed by atoms with E-state index in [1.54, 1.807) is 6.07 Å². The lowest BCUT2D eigenvalue weighted by Gasteiger charge is -2.25. The molecule has 3 aliphatic rings. The second-order valence-electron chi connectivity index (χ2n) is 7.98. The third kappa shape index (κ3) is 3.25. The van der Waals surface area contributed by atoms with Crippen molar-refractivity contribution in [1.29, 1.82) is 0 Å². The molecular weight excluding hydrogens is 385 g/mol. The van der Waals surface area contributed by atoms with Crippen molar-refractivity contribution in [2.24, 2.45) is 0 Å². The van der Waals surface area contributed by atoms with Gasteiger partial charge in [-0.25, -0.2) is 4.39 Å². The molecule has 1 fully saturated rings. The highest BCUT2D eigenvalue weighted by Gasteiger charge is 2.34. The molecule has 3 heterocycles. The summed E-state index contributed by atoms with van der Waals surface area (Å²) in [6.07, 6.45) is 0.780. The molecule has 3 aliphatic heterocycles. The molecule has 1 atom stereocenters. The molecule has 6 nitrogen and oxygen atoms in total. The van der Waals surface area contributed by atoms with Gasteiger partial charge < -0.3 is 20.3 Å². The van der Waals surface area contributed by atoms with E-state index in [1.807, 2.05) is 12.1 Å². The van der Waals surface area contributed by atoms with Crippen LogP contribution in [-0.4, -0.2) is 35.8 Å². The number of amides is 2. The summed E-state index contributed by atoms with van der Waals surface area (Å²) in [5.74, 6) is -0.705. The van der Waals surface area contributed by atoms with E-state index in [4.69, 9.17) is 4.74 Å². The smallest absolute Gasteiger partial charge is 0.258 e. The number of likely N-dealkylation sites (tertiary alicyclic amines) is 1. The molecule has 2 amide bonds. The van der Waals surface area contributed by atoms with Crippen LogP contribution in [0.5, 0.6) is 0 Å². The van der Waals surface area contributed by atoms with E-state index in [9.17, 15) is 14.0 Å². The van der Waals surface area contributed by atoms with E-state index in [2.05, 4.69) is 21.6 Å². The zero-order valence-electron chi connectivity index (χ0n) is 16.6. The zero-order valence-corrected chi connectivity index (χ0v) is 16.6. The van der Waals surface area contributed by atoms with Gasteiger partial charge in [0.1, 0.15) is 5.82 Å². The highest BCUT2D eigenvalue weighted by atomic mass is 19.1. The van der Waals surface area contributed by atoms with Gasteiger partial charge in [0, 0.05) is 37.3 Å². The summed E-state index contributed by atoms with van der Waals surface area (Å²) in [7, 11) is 0. The van der Waals surface area contributed by atoms with Crippen LogP contribution in [0.4, 0.5) is 10.1 Å². The van der Waals surface area contributed by atoms with Gasteiger partial charge in [-0.15, -0.1) is 0 Å². The van der Waals surface area contributed by atoms with Crippen molar-refractivity contribution in [2.75, 3.05) is 18.4 Å². The number of ether oxygens (including phenoxy) is 1. The molecule has 5 rings (SSSR count). The summed E-state index contributed by atoms with van der Waals surface area (Å²) in [6.45, 7) is 3.91. The highest BCUT2D eigenvalue weighted by Crippen LogP contribution is 2.40. The van der Waals surface area contributed by atoms with Crippen LogP contribution < -0.4 is 10.6 Å². The summed E-state index contributed by atoms with van der Waals surface area (Å²) >= 11 is 0. The van der Waals surface area contributed by atoms with Crippen molar-refractivity contribution in [3.8, 4) is 0 Å². The molecule has 1 saturated heterocycles. The Morgan fingerprint density at radius 2 is 2.03 bits per heavy atom. The van der Waals surface area contributed by atoms with Crippen LogP contribution >= 0.6 is 0 Å². The maximum absolute atomic E-state index is 14.1. The predicted octanol–water partition coefficient (Wildman–Crippen LogP) is 2.89. The topological polar surface area (TPSA) is 70.7 Å². The molecule has 2 N–H and O–H groups in total. The van der Waals surface area contributed by atoms with Crippen LogP contribution in [0.2, 0.25) is 0 Å². The van der Waals surface area contributed by atoms with Crippen LogP contribution in [0.1, 0.15) is 35.6 Å². The lowest BCUT2D eigenvalue weighted by Crippen LogP contribution is -2.35. The van der Waals surface area contributed by atoms with Gasteiger partial charge >= 0.3 is 0 Å². The van der Waals surface area contributed by atoms with Gasteiger partial charge in [-0.3, -0.25) is 9.59 Å². The third-order valence-electron chi connectivity index (χ3n) is 5.87. The number of carbonyl (C=O) groups is 2. The first-order valence-corrected chi connectivity index (χ1v) is 10.1. The zero-order chi connectivity index (χ0) is 20.8. The Morgan fingerprint density at radius 1 is 1.20 bits per heavy atom. The van der Waals surface area contributed by atoms with Gasteiger partial charge in [0.2, 0.25) is 5.91 Å². The van der Waals surface area contributed by atoms with Crippen molar-refractivity contribution in [2.45, 2.75) is 32.6 Å². The Kier molecular flexibility index (Phi) is 4.55. The maximum atomic E-state index is 14.1. The number of carbonyl (C=O) groups excluding carboxylic acids is 2. The van der Waals surface area contributed by atoms with Gasteiger partial charge in [-0.05, 0) is 47.4 Å². The van der Waals surface area contributed by atoms with Gasteiger partial charge in [0.15, 0.2) is 0 Å². The van der Waals surface area contributed by atoms with Gasteiger partial charge in [0.05, 0.1) is 24.5 Å². The third-order valence-corrected chi connectivity index (χ3v) is 5.87. The lowest BCUT2D eigenvalue weighted by molar-refractivity contribution is -0.119. The van der Waals surface area contributed by atoms with Crippen LogP contribution in [0, 0.1) is 5.82 Å². The average molecular weight is 407 g/mol. The molecule has 2 aromatic carbocycles. The van der Waals surface area contributed by atoms with Crippen LogP contribution in [0.15, 0.2) is 36.4 Å². The summed E-state index contributed by atoms with van der Waals surface area (Å²) in [6, 6.07) is 10.4. The van der Waals surface area contributed by atoms with E-state index in [0.29, 0.717) is 43.1 Å². The predicted molar refractivity (Wildman–Crippen MR) is 111 cm³/mol. The van der Waals surface area contributed by atoms with Gasteiger partial charge in [-0.1, -0.05) is 12.1 Å². The first-order chi connectivity index (χ1) is 14.5. The lowest BCUT2D eigenvalue weighted by atomic mass is 9.97. The van der Waals surface area contributed by atoms with Crippen molar-refractivity contribution in [1.82, 2.24) is 10.2 Å². The second kappa shape index (κ2) is 7.25. The largest absolute Gasteiger partial charge is 0.372 e. The minimum absolute atomic E-state index is 0.00676. The number of nitrogens with one attached hydrogen (secondary N) is 2. The Bertz CT molecular complexity index is 1100. The minimum atomic E-state index is -0.387. The molecule has 30 heavy (non-hydrogen) atoms. The Hall–Kier alpha value is -3.19. The number of rotatable bonds is 3. The van der Waals surface area contributed by atoms with E-state index >= 15 is 0 Å². The SMILES string of the molecule is CC(=O)NC1CCN(C(=C2C(=O)Nc3ccc(F)cc32)c2ccc3c(c2)COC3)C1. The molecular formula is C23H22FN3O3. The number of fused-ring (bicyclic) bond motifs is 2. The maximum Gasteiger partial charge on any atom is 0.258 e. The standard InChI is InChI=1S/C23H22FN3O3/c1-13(28)25-18-6-7-27(10-18)22(14-2-3-15-11-30-12-16(15)8-14)21-19-9-17(24)4-5-20(19)26-23(21)29/h2-5,8-9,18H,6-7,10-12H2,1H3,(H,25,28)(H,26,29). The van der Waals surface area contributed by atoms with Crippen molar-refractivity contribution in [3.63, 3.8) is 0 Å². The fraction of sp³-hybridized carbons (Fsp3) is 0.304. The van der Waals surface area contributed by atoms with Crippen molar-refractivity contribution >= 4 is 28.8 Å². The molecule has 0 bridgehead atoms. The number of halogens is 1. The first kappa shape index (κ1) is 18.8. The van der Waals surface area contributed by atoms with Crippen LogP contribution in [0.25, 0.3) is 11.3 Å². The summed E-state index contributed by atoms with van der Waals surface area (Å²) < 4.78 is 19.6. The molecule has 2 aromatic rings. The normalized spacial score (nSPS) is 21.3. The Balaban J connectivity index is 1.65. The molecule has 7 heteroatoms. The summed E-state index contributed by atoms with van der Waals surface area (Å²) in [5.41, 5.74) is 5.53. The van der Waals surface area contributed by atoms with Crippen LogP contribution in [-0.2, 0) is 27.5 Å². The minimum Gasteiger partial charge on any atom is -0.372 e. The molecule has 0 spiro atoms. The monoisotopic (exact) mass is 407 g/mol. The number of hydrogen-bond donors (Lipinski definition) is 2. The first-order valence-electron chi connectivity index (χ1n) is 10.1. The Labute approximate surface area is 173 Å². The van der Waals surface area contributed by atoms with E-state index in [-0.39, 0.29) is 23.7 Å². The van der Waals surface area contributed by atoms with Gasteiger partial charge in [0.25, 0.3) is 5.91 Å². The summed E-state index contributed by atoms with van der Waals surface area (Å²) in [4.78, 5) is 26.6. The fourth-order valence-corrected chi connectivity index (χ4v) is 4.55. The summed E-state index contributed by atoms with van der Waals surface area (Å²) in [5, 5.41) is 5.83. The number of benzene rings is 2. The molecule has 0 aromatic heterocycles. The van der Waals surface area contributed by atoms with E-state index in [0.717, 1.165) is 28.8 Å². The quantitative estimate of drug-likeness (QED) is 0.768. The van der Waals surface area contributed by atoms with E-state index in [1.165, 1.54) is 19.1 Å². The highest BCUT2D eigenvalue weighted by molar-refractivity contribution is 6.36. The van der Waals surface area contributed by atoms with Gasteiger partial charge in [-0.2, -0.15) is 0 Å². The molecule has 1 unspecified atom stereocenters.